The molecule has 1 amide bonds. The van der Waals surface area contributed by atoms with Crippen molar-refractivity contribution in [2.45, 2.75) is 6.04 Å². The summed E-state index contributed by atoms with van der Waals surface area (Å²) in [6, 6.07) is 15.2. The maximum Gasteiger partial charge on any atom is 0.265 e. The number of para-hydroxylation sites is 2. The number of ether oxygens (including phenoxy) is 1. The summed E-state index contributed by atoms with van der Waals surface area (Å²) in [5.41, 5.74) is 0.613. The van der Waals surface area contributed by atoms with Crippen LogP contribution in [0.1, 0.15) is 0 Å². The van der Waals surface area contributed by atoms with Gasteiger partial charge in [0.2, 0.25) is 0 Å². The van der Waals surface area contributed by atoms with Crippen LogP contribution in [0, 0.1) is 0 Å². The third-order valence-corrected chi connectivity index (χ3v) is 5.42. The van der Waals surface area contributed by atoms with Gasteiger partial charge < -0.3 is 9.64 Å². The first-order valence-electron chi connectivity index (χ1n) is 7.62. The van der Waals surface area contributed by atoms with Crippen LogP contribution in [-0.2, 0) is 14.6 Å². The number of carbonyl (C=O) groups excluding carboxylic acids is 1. The van der Waals surface area contributed by atoms with Crippen molar-refractivity contribution >= 4 is 33.0 Å². The number of anilines is 1. The lowest BCUT2D eigenvalue weighted by Crippen LogP contribution is -2.43. The molecule has 0 unspecified atom stereocenters. The van der Waals surface area contributed by atoms with Gasteiger partial charge in [-0.1, -0.05) is 41.9 Å². The summed E-state index contributed by atoms with van der Waals surface area (Å²) in [6.45, 7) is -0.247. The lowest BCUT2D eigenvalue weighted by molar-refractivity contribution is -0.120. The van der Waals surface area contributed by atoms with Crippen molar-refractivity contribution in [1.29, 1.82) is 0 Å². The van der Waals surface area contributed by atoms with E-state index in [2.05, 4.69) is 0 Å². The second-order valence-corrected chi connectivity index (χ2v) is 7.88. The van der Waals surface area contributed by atoms with Gasteiger partial charge in [-0.25, -0.2) is 8.42 Å². The molecule has 3 rings (SSSR count). The van der Waals surface area contributed by atoms with Gasteiger partial charge >= 0.3 is 0 Å². The standard InChI is InChI=1S/C18H16ClNO4S/c19-16-8-4-5-9-17(16)24-12-18(21)20(14-6-2-1-3-7-14)15-10-11-25(22,23)13-15/h1-11,15H,12-13H2/t15-/m1/s1. The first kappa shape index (κ1) is 17.5. The Morgan fingerprint density at radius 2 is 1.80 bits per heavy atom. The number of hydrogen-bond donors (Lipinski definition) is 0. The number of amides is 1. The number of halogens is 1. The molecule has 0 saturated heterocycles. The van der Waals surface area contributed by atoms with Gasteiger partial charge in [-0.05, 0) is 30.3 Å². The Morgan fingerprint density at radius 3 is 2.44 bits per heavy atom. The number of hydrogen-bond acceptors (Lipinski definition) is 4. The molecule has 0 saturated carbocycles. The van der Waals surface area contributed by atoms with Gasteiger partial charge in [0.25, 0.3) is 5.91 Å². The van der Waals surface area contributed by atoms with Gasteiger partial charge in [0.1, 0.15) is 5.75 Å². The van der Waals surface area contributed by atoms with E-state index in [1.165, 1.54) is 11.0 Å². The van der Waals surface area contributed by atoms with E-state index in [1.807, 2.05) is 6.07 Å². The molecule has 0 aliphatic carbocycles. The van der Waals surface area contributed by atoms with Crippen molar-refractivity contribution in [1.82, 2.24) is 0 Å². The first-order chi connectivity index (χ1) is 12.0. The number of sulfone groups is 1. The van der Waals surface area contributed by atoms with Crippen LogP contribution in [0.4, 0.5) is 5.69 Å². The molecule has 0 fully saturated rings. The molecule has 0 N–H and O–H groups in total. The smallest absolute Gasteiger partial charge is 0.265 e. The van der Waals surface area contributed by atoms with Gasteiger partial charge in [-0.15, -0.1) is 0 Å². The second-order valence-electron chi connectivity index (χ2n) is 5.54. The van der Waals surface area contributed by atoms with Gasteiger partial charge in [0.15, 0.2) is 16.4 Å². The highest BCUT2D eigenvalue weighted by atomic mass is 35.5. The number of nitrogens with zero attached hydrogens (tertiary/aromatic N) is 1. The van der Waals surface area contributed by atoms with E-state index < -0.39 is 15.9 Å². The highest BCUT2D eigenvalue weighted by Gasteiger charge is 2.31. The van der Waals surface area contributed by atoms with Crippen molar-refractivity contribution in [3.05, 3.63) is 71.1 Å². The average molecular weight is 378 g/mol. The van der Waals surface area contributed by atoms with Crippen LogP contribution < -0.4 is 9.64 Å². The Hall–Kier alpha value is -2.31. The molecule has 1 aliphatic heterocycles. The van der Waals surface area contributed by atoms with Crippen LogP contribution in [0.25, 0.3) is 0 Å². The molecule has 5 nitrogen and oxygen atoms in total. The molecule has 25 heavy (non-hydrogen) atoms. The van der Waals surface area contributed by atoms with Crippen LogP contribution >= 0.6 is 11.6 Å². The van der Waals surface area contributed by atoms with Crippen LogP contribution in [0.2, 0.25) is 5.02 Å². The summed E-state index contributed by atoms with van der Waals surface area (Å²) in [4.78, 5) is 14.2. The molecular weight excluding hydrogens is 362 g/mol. The summed E-state index contributed by atoms with van der Waals surface area (Å²) in [5.74, 6) is -0.0855. The lowest BCUT2D eigenvalue weighted by Gasteiger charge is -2.27. The number of carbonyl (C=O) groups is 1. The van der Waals surface area contributed by atoms with Crippen LogP contribution in [0.3, 0.4) is 0 Å². The Balaban J connectivity index is 1.81. The van der Waals surface area contributed by atoms with Crippen molar-refractivity contribution < 1.29 is 17.9 Å². The third-order valence-electron chi connectivity index (χ3n) is 3.73. The highest BCUT2D eigenvalue weighted by molar-refractivity contribution is 7.94. The summed E-state index contributed by atoms with van der Waals surface area (Å²) in [7, 11) is -3.29. The zero-order valence-corrected chi connectivity index (χ0v) is 14.8. The van der Waals surface area contributed by atoms with Crippen LogP contribution in [0.5, 0.6) is 5.75 Å². The molecule has 130 valence electrons. The van der Waals surface area contributed by atoms with E-state index in [4.69, 9.17) is 16.3 Å². The van der Waals surface area contributed by atoms with E-state index in [0.29, 0.717) is 16.5 Å². The Morgan fingerprint density at radius 1 is 1.12 bits per heavy atom. The Kier molecular flexibility index (Phi) is 5.11. The van der Waals surface area contributed by atoms with Gasteiger partial charge in [0.05, 0.1) is 16.8 Å². The van der Waals surface area contributed by atoms with Crippen LogP contribution in [-0.4, -0.2) is 32.7 Å². The normalized spacial score (nSPS) is 18.0. The van der Waals surface area contributed by atoms with E-state index in [1.54, 1.807) is 48.5 Å². The van der Waals surface area contributed by atoms with E-state index in [0.717, 1.165) is 5.41 Å². The number of benzene rings is 2. The molecule has 0 radical (unpaired) electrons. The minimum absolute atomic E-state index is 0.139. The predicted octanol–water partition coefficient (Wildman–Crippen LogP) is 3.06. The minimum Gasteiger partial charge on any atom is -0.482 e. The molecule has 2 aromatic carbocycles. The fourth-order valence-corrected chi connectivity index (χ4v) is 4.06. The zero-order valence-electron chi connectivity index (χ0n) is 13.2. The fraction of sp³-hybridized carbons (Fsp3) is 0.167. The van der Waals surface area contributed by atoms with Crippen molar-refractivity contribution in [2.24, 2.45) is 0 Å². The Labute approximate surface area is 151 Å². The van der Waals surface area contributed by atoms with Crippen molar-refractivity contribution in [3.8, 4) is 5.75 Å². The van der Waals surface area contributed by atoms with E-state index in [-0.39, 0.29) is 18.3 Å². The molecule has 0 bridgehead atoms. The topological polar surface area (TPSA) is 63.7 Å². The quantitative estimate of drug-likeness (QED) is 0.803. The third kappa shape index (κ3) is 4.21. The largest absolute Gasteiger partial charge is 0.482 e. The molecule has 1 heterocycles. The van der Waals surface area contributed by atoms with Crippen LogP contribution in [0.15, 0.2) is 66.1 Å². The molecule has 2 aromatic rings. The van der Waals surface area contributed by atoms with E-state index >= 15 is 0 Å². The predicted molar refractivity (Wildman–Crippen MR) is 97.6 cm³/mol. The molecule has 1 aliphatic rings. The summed E-state index contributed by atoms with van der Waals surface area (Å²) in [6.07, 6.45) is 1.52. The molecular formula is C18H16ClNO4S. The average Bonchev–Trinajstić information content (AvgIpc) is 2.95. The SMILES string of the molecule is O=C(COc1ccccc1Cl)N(c1ccccc1)[C@@H]1C=CS(=O)(=O)C1. The Bertz CT molecular complexity index is 896. The fourth-order valence-electron chi connectivity index (χ4n) is 2.60. The van der Waals surface area contributed by atoms with Crippen molar-refractivity contribution in [2.75, 3.05) is 17.3 Å². The maximum absolute atomic E-state index is 12.8. The second kappa shape index (κ2) is 7.29. The minimum atomic E-state index is -3.29. The molecule has 0 spiro atoms. The van der Waals surface area contributed by atoms with Gasteiger partial charge in [-0.3, -0.25) is 4.79 Å². The summed E-state index contributed by atoms with van der Waals surface area (Å²) >= 11 is 6.03. The summed E-state index contributed by atoms with van der Waals surface area (Å²) in [5, 5.41) is 1.56. The maximum atomic E-state index is 12.8. The first-order valence-corrected chi connectivity index (χ1v) is 9.71. The zero-order chi connectivity index (χ0) is 17.9. The van der Waals surface area contributed by atoms with E-state index in [9.17, 15) is 13.2 Å². The monoisotopic (exact) mass is 377 g/mol. The molecule has 7 heteroatoms. The van der Waals surface area contributed by atoms with Gasteiger partial charge in [0, 0.05) is 11.1 Å². The highest BCUT2D eigenvalue weighted by Crippen LogP contribution is 2.25. The number of rotatable bonds is 5. The van der Waals surface area contributed by atoms with Gasteiger partial charge in [-0.2, -0.15) is 0 Å². The summed E-state index contributed by atoms with van der Waals surface area (Å²) < 4.78 is 29.0. The molecule has 0 aromatic heterocycles. The van der Waals surface area contributed by atoms with Crippen molar-refractivity contribution in [3.63, 3.8) is 0 Å². The molecule has 1 atom stereocenters. The lowest BCUT2D eigenvalue weighted by atomic mass is 10.2.